The van der Waals surface area contributed by atoms with Crippen LogP contribution in [0.5, 0.6) is 0 Å². The maximum atomic E-state index is 2.17. The number of hydrogen-bond donors (Lipinski definition) is 0. The first-order valence-corrected chi connectivity index (χ1v) is 5.56. The van der Waals surface area contributed by atoms with Gasteiger partial charge in [-0.15, -0.1) is 0 Å². The first-order valence-electron chi connectivity index (χ1n) is 5.56. The van der Waals surface area contributed by atoms with Crippen LogP contribution in [-0.4, -0.2) is 0 Å². The molecule has 0 unspecified atom stereocenters. The largest absolute Gasteiger partial charge is 0.0620 e. The minimum atomic E-state index is 1.25. The van der Waals surface area contributed by atoms with E-state index in [0.29, 0.717) is 0 Å². The Bertz CT molecular complexity index is 479. The molecule has 16 heavy (non-hydrogen) atoms. The van der Waals surface area contributed by atoms with Crippen LogP contribution in [0, 0.1) is 6.92 Å². The molecule has 0 N–H and O–H groups in total. The Hall–Kier alpha value is -1.82. The van der Waals surface area contributed by atoms with Crippen molar-refractivity contribution in [1.29, 1.82) is 0 Å². The van der Waals surface area contributed by atoms with Gasteiger partial charge in [0.2, 0.25) is 0 Å². The van der Waals surface area contributed by atoms with Gasteiger partial charge < -0.3 is 0 Å². The molecule has 0 amide bonds. The highest BCUT2D eigenvalue weighted by Crippen LogP contribution is 2.18. The Kier molecular flexibility index (Phi) is 3.21. The highest BCUT2D eigenvalue weighted by Gasteiger charge is 1.97. The van der Waals surface area contributed by atoms with Gasteiger partial charge in [0.15, 0.2) is 0 Å². The third-order valence-electron chi connectivity index (χ3n) is 2.66. The zero-order chi connectivity index (χ0) is 11.4. The predicted molar refractivity (Wildman–Crippen MR) is 71.2 cm³/mol. The minimum absolute atomic E-state index is 1.25. The molecule has 0 aliphatic heterocycles. The van der Waals surface area contributed by atoms with E-state index in [1.165, 1.54) is 22.3 Å². The maximum absolute atomic E-state index is 2.17. The second-order valence-electron chi connectivity index (χ2n) is 4.12. The van der Waals surface area contributed by atoms with Gasteiger partial charge in [-0.05, 0) is 25.0 Å². The molecule has 0 aromatic heterocycles. The van der Waals surface area contributed by atoms with Gasteiger partial charge >= 0.3 is 0 Å². The SMILES string of the molecule is CC1=C/C=CC=C(c2ccc(C)cc2)/C=C\1. The van der Waals surface area contributed by atoms with Crippen molar-refractivity contribution in [3.8, 4) is 0 Å². The van der Waals surface area contributed by atoms with Crippen molar-refractivity contribution in [1.82, 2.24) is 0 Å². The van der Waals surface area contributed by atoms with E-state index < -0.39 is 0 Å². The van der Waals surface area contributed by atoms with Crippen LogP contribution in [-0.2, 0) is 0 Å². The van der Waals surface area contributed by atoms with Crippen LogP contribution in [0.15, 0.2) is 66.3 Å². The number of benzene rings is 1. The molecule has 0 spiro atoms. The van der Waals surface area contributed by atoms with Gasteiger partial charge in [-0.3, -0.25) is 0 Å². The quantitative estimate of drug-likeness (QED) is 0.639. The Morgan fingerprint density at radius 2 is 1.44 bits per heavy atom. The Morgan fingerprint density at radius 3 is 2.19 bits per heavy atom. The van der Waals surface area contributed by atoms with Gasteiger partial charge in [0.1, 0.15) is 0 Å². The van der Waals surface area contributed by atoms with Gasteiger partial charge in [0, 0.05) is 0 Å². The van der Waals surface area contributed by atoms with E-state index in [0.717, 1.165) is 0 Å². The van der Waals surface area contributed by atoms with Crippen molar-refractivity contribution in [2.45, 2.75) is 13.8 Å². The zero-order valence-electron chi connectivity index (χ0n) is 9.77. The molecule has 1 aliphatic rings. The monoisotopic (exact) mass is 208 g/mol. The molecule has 2 rings (SSSR count). The van der Waals surface area contributed by atoms with E-state index >= 15 is 0 Å². The van der Waals surface area contributed by atoms with Gasteiger partial charge in [0.25, 0.3) is 0 Å². The summed E-state index contributed by atoms with van der Waals surface area (Å²) in [5, 5.41) is 0. The van der Waals surface area contributed by atoms with Crippen molar-refractivity contribution in [3.05, 3.63) is 77.4 Å². The van der Waals surface area contributed by atoms with E-state index in [-0.39, 0.29) is 0 Å². The van der Waals surface area contributed by atoms with Crippen molar-refractivity contribution >= 4 is 5.57 Å². The average molecular weight is 208 g/mol. The summed E-state index contributed by atoms with van der Waals surface area (Å²) in [5.41, 5.74) is 5.09. The van der Waals surface area contributed by atoms with Gasteiger partial charge in [-0.25, -0.2) is 0 Å². The molecule has 0 fully saturated rings. The van der Waals surface area contributed by atoms with Crippen LogP contribution in [0.2, 0.25) is 0 Å². The van der Waals surface area contributed by atoms with Crippen LogP contribution in [0.3, 0.4) is 0 Å². The summed E-state index contributed by atoms with van der Waals surface area (Å²) in [6.45, 7) is 4.22. The van der Waals surface area contributed by atoms with E-state index in [1.807, 2.05) is 0 Å². The fourth-order valence-corrected chi connectivity index (χ4v) is 1.64. The maximum Gasteiger partial charge on any atom is -0.0184 e. The predicted octanol–water partition coefficient (Wildman–Crippen LogP) is 4.45. The highest BCUT2D eigenvalue weighted by atomic mass is 14.0. The smallest absolute Gasteiger partial charge is 0.0184 e. The molecular weight excluding hydrogens is 192 g/mol. The molecular formula is C16H16. The summed E-state index contributed by atoms with van der Waals surface area (Å²) in [4.78, 5) is 0. The van der Waals surface area contributed by atoms with Gasteiger partial charge in [-0.1, -0.05) is 71.9 Å². The summed E-state index contributed by atoms with van der Waals surface area (Å²) in [6, 6.07) is 8.63. The second kappa shape index (κ2) is 4.80. The van der Waals surface area contributed by atoms with E-state index in [4.69, 9.17) is 0 Å². The van der Waals surface area contributed by atoms with Crippen LogP contribution in [0.25, 0.3) is 5.57 Å². The molecule has 0 radical (unpaired) electrons. The summed E-state index contributed by atoms with van der Waals surface area (Å²) >= 11 is 0. The molecule has 80 valence electrons. The lowest BCUT2D eigenvalue weighted by atomic mass is 10.0. The van der Waals surface area contributed by atoms with E-state index in [1.54, 1.807) is 0 Å². The number of aryl methyl sites for hydroxylation is 1. The molecule has 1 aromatic rings. The Labute approximate surface area is 97.3 Å². The van der Waals surface area contributed by atoms with Crippen molar-refractivity contribution in [3.63, 3.8) is 0 Å². The first kappa shape index (κ1) is 10.7. The molecule has 0 nitrogen and oxygen atoms in total. The van der Waals surface area contributed by atoms with Gasteiger partial charge in [-0.2, -0.15) is 0 Å². The summed E-state index contributed by atoms with van der Waals surface area (Å²) in [7, 11) is 0. The fraction of sp³-hybridized carbons (Fsp3) is 0.125. The van der Waals surface area contributed by atoms with Gasteiger partial charge in [0.05, 0.1) is 0 Å². The summed E-state index contributed by atoms with van der Waals surface area (Å²) < 4.78 is 0. The topological polar surface area (TPSA) is 0 Å². The van der Waals surface area contributed by atoms with E-state index in [9.17, 15) is 0 Å². The van der Waals surface area contributed by atoms with Crippen molar-refractivity contribution in [2.75, 3.05) is 0 Å². The average Bonchev–Trinajstić information content (AvgIpc) is 2.26. The molecule has 0 saturated heterocycles. The van der Waals surface area contributed by atoms with Crippen LogP contribution in [0.1, 0.15) is 18.1 Å². The molecule has 0 atom stereocenters. The normalized spacial score (nSPS) is 20.4. The van der Waals surface area contributed by atoms with E-state index in [2.05, 4.69) is 74.6 Å². The van der Waals surface area contributed by atoms with Crippen molar-refractivity contribution in [2.24, 2.45) is 0 Å². The summed E-state index contributed by atoms with van der Waals surface area (Å²) in [6.07, 6.45) is 12.7. The third kappa shape index (κ3) is 2.60. The fourth-order valence-electron chi connectivity index (χ4n) is 1.64. The number of hydrogen-bond acceptors (Lipinski definition) is 0. The molecule has 1 aliphatic carbocycles. The minimum Gasteiger partial charge on any atom is -0.0620 e. The lowest BCUT2D eigenvalue weighted by Gasteiger charge is -2.04. The van der Waals surface area contributed by atoms with Crippen LogP contribution in [0.4, 0.5) is 0 Å². The molecule has 0 heterocycles. The molecule has 0 saturated carbocycles. The van der Waals surface area contributed by atoms with Crippen LogP contribution < -0.4 is 0 Å². The zero-order valence-corrected chi connectivity index (χ0v) is 9.77. The Balaban J connectivity index is 2.34. The van der Waals surface area contributed by atoms with Crippen LogP contribution >= 0.6 is 0 Å². The molecule has 0 bridgehead atoms. The Morgan fingerprint density at radius 1 is 0.750 bits per heavy atom. The van der Waals surface area contributed by atoms with Crippen molar-refractivity contribution < 1.29 is 0 Å². The second-order valence-corrected chi connectivity index (χ2v) is 4.12. The highest BCUT2D eigenvalue weighted by molar-refractivity contribution is 5.76. The lowest BCUT2D eigenvalue weighted by Crippen LogP contribution is -1.83. The third-order valence-corrected chi connectivity index (χ3v) is 2.66. The number of rotatable bonds is 1. The summed E-state index contributed by atoms with van der Waals surface area (Å²) in [5.74, 6) is 0. The lowest BCUT2D eigenvalue weighted by molar-refractivity contribution is 1.45. The number of allylic oxidation sites excluding steroid dienone is 8. The molecule has 1 aromatic carbocycles. The molecule has 0 heteroatoms. The first-order chi connectivity index (χ1) is 7.75. The standard InChI is InChI=1S/C16H16/c1-13-5-3-4-6-15(10-7-13)16-11-8-14(2)9-12-16/h3-12H,1-2H3/b4-3?,5-3?,6-4?,10-7-,13-5-,13-7?,15-6?,15-10?.